The Labute approximate surface area is 565 Å². The number of pyridine rings is 1. The Kier molecular flexibility index (Phi) is 26.2. The molecule has 4 heterocycles. The normalized spacial score (nSPS) is 16.1. The van der Waals surface area contributed by atoms with E-state index < -0.39 is 53.3 Å². The van der Waals surface area contributed by atoms with Crippen LogP contribution in [-0.2, 0) is 68.7 Å². The average Bonchev–Trinajstić information content (AvgIpc) is 1.73. The molecule has 0 unspecified atom stereocenters. The molecule has 2 aliphatic carbocycles. The van der Waals surface area contributed by atoms with Crippen LogP contribution in [0.15, 0.2) is 102 Å². The van der Waals surface area contributed by atoms with Crippen LogP contribution in [0.3, 0.4) is 0 Å². The minimum atomic E-state index is -2.99. The predicted octanol–water partition coefficient (Wildman–Crippen LogP) is 9.10. The summed E-state index contributed by atoms with van der Waals surface area (Å²) in [5.41, 5.74) is 3.70. The van der Waals surface area contributed by atoms with Crippen molar-refractivity contribution in [1.29, 1.82) is 0 Å². The van der Waals surface area contributed by atoms with Crippen molar-refractivity contribution in [2.24, 2.45) is 11.3 Å². The molecule has 24 nitrogen and oxygen atoms in total. The molecule has 97 heavy (non-hydrogen) atoms. The minimum absolute atomic E-state index is 0.0657. The van der Waals surface area contributed by atoms with E-state index in [1.807, 2.05) is 63.2 Å². The number of nitrogens with zero attached hydrogens (tertiary/aromatic N) is 6. The summed E-state index contributed by atoms with van der Waals surface area (Å²) in [5.74, 6) is -0.282. The number of halogens is 2. The van der Waals surface area contributed by atoms with Crippen molar-refractivity contribution in [2.45, 2.75) is 136 Å². The van der Waals surface area contributed by atoms with Crippen LogP contribution >= 0.6 is 0 Å². The number of aryl methyl sites for hydroxylation is 1. The van der Waals surface area contributed by atoms with Gasteiger partial charge in [0.1, 0.15) is 42.1 Å². The highest BCUT2D eigenvalue weighted by Gasteiger charge is 2.43. The summed E-state index contributed by atoms with van der Waals surface area (Å²) in [6.07, 6.45) is 5.44. The fourth-order valence-electron chi connectivity index (χ4n) is 11.2. The number of oxazole rings is 1. The Morgan fingerprint density at radius 3 is 2.12 bits per heavy atom. The quantitative estimate of drug-likeness (QED) is 0.0232. The number of rotatable bonds is 35. The summed E-state index contributed by atoms with van der Waals surface area (Å²) < 4.78 is 75.5. The number of ether oxygens (including phenoxy) is 7. The van der Waals surface area contributed by atoms with Crippen molar-refractivity contribution in [1.82, 2.24) is 45.9 Å². The van der Waals surface area contributed by atoms with Gasteiger partial charge < -0.3 is 69.1 Å². The molecule has 6 aromatic rings. The maximum absolute atomic E-state index is 14.7. The van der Waals surface area contributed by atoms with Crippen LogP contribution in [0.2, 0.25) is 0 Å². The van der Waals surface area contributed by atoms with Gasteiger partial charge in [0.25, 0.3) is 12.3 Å². The molecule has 0 bridgehead atoms. The molecule has 4 atom stereocenters. The van der Waals surface area contributed by atoms with Crippen LogP contribution in [0, 0.1) is 11.3 Å². The van der Waals surface area contributed by atoms with E-state index in [1.54, 1.807) is 63.9 Å². The number of carbonyl (C=O) groups is 5. The topological polar surface area (TPSA) is 273 Å². The molecule has 3 aromatic carbocycles. The van der Waals surface area contributed by atoms with Gasteiger partial charge in [-0.05, 0) is 142 Å². The molecule has 5 N–H and O–H groups in total. The molecular weight excluding hydrogens is 1250 g/mol. The number of aromatic nitrogens is 4. The first-order chi connectivity index (χ1) is 46.6. The van der Waals surface area contributed by atoms with Gasteiger partial charge >= 0.3 is 6.09 Å². The van der Waals surface area contributed by atoms with Crippen molar-refractivity contribution < 1.29 is 70.3 Å². The lowest BCUT2D eigenvalue weighted by atomic mass is 9.83. The number of nitrogens with one attached hydrogen (secondary N) is 5. The van der Waals surface area contributed by atoms with Gasteiger partial charge in [-0.15, -0.1) is 0 Å². The fraction of sp³-hybridized carbons (Fsp3) is 0.521. The molecular formula is C71H93F2N11O13. The van der Waals surface area contributed by atoms with Crippen molar-refractivity contribution in [3.63, 3.8) is 0 Å². The zero-order valence-corrected chi connectivity index (χ0v) is 56.8. The minimum Gasteiger partial charge on any atom is -0.491 e. The first kappa shape index (κ1) is 73.0. The van der Waals surface area contributed by atoms with Crippen LogP contribution < -0.4 is 36.2 Å². The largest absolute Gasteiger partial charge is 0.491 e. The van der Waals surface area contributed by atoms with Gasteiger partial charge in [0, 0.05) is 44.4 Å². The van der Waals surface area contributed by atoms with Gasteiger partial charge in [0.2, 0.25) is 23.6 Å². The SMILES string of the molecule is CN[C@@H](C)C(=O)N[C@H](C(=O)N1Cc2cc(OCCOCCOCCOCCOCCOCCNCc3ccc(-n4cc(NC(=O)c5coc(-c6ccnc(N(CC7CC7)C(=O)OC(C)(C)C)c6)n5)c(C(F)F)n4)cc3)ccc2C[C@H]1C(=O)N[C@@H]1CCCc2ccccc21)C(C)(C)C. The second-order valence-electron chi connectivity index (χ2n) is 26.4. The van der Waals surface area contributed by atoms with Crippen LogP contribution in [-0.4, -0.2) is 171 Å². The number of hydrogen-bond donors (Lipinski definition) is 5. The van der Waals surface area contributed by atoms with Crippen LogP contribution in [0.5, 0.6) is 5.75 Å². The van der Waals surface area contributed by atoms with E-state index in [9.17, 15) is 32.8 Å². The fourth-order valence-corrected chi connectivity index (χ4v) is 11.2. The van der Waals surface area contributed by atoms with Crippen molar-refractivity contribution in [2.75, 3.05) is 103 Å². The highest BCUT2D eigenvalue weighted by atomic mass is 19.3. The highest BCUT2D eigenvalue weighted by molar-refractivity contribution is 6.03. The lowest BCUT2D eigenvalue weighted by Gasteiger charge is -2.41. The average molecular weight is 1350 g/mol. The molecule has 5 amide bonds. The van der Waals surface area contributed by atoms with E-state index in [2.05, 4.69) is 53.8 Å². The van der Waals surface area contributed by atoms with Gasteiger partial charge in [-0.3, -0.25) is 24.1 Å². The Morgan fingerprint density at radius 1 is 0.784 bits per heavy atom. The van der Waals surface area contributed by atoms with Gasteiger partial charge in [-0.2, -0.15) is 5.10 Å². The summed E-state index contributed by atoms with van der Waals surface area (Å²) in [5, 5.41) is 19.1. The third kappa shape index (κ3) is 21.4. The third-order valence-electron chi connectivity index (χ3n) is 16.7. The molecule has 1 aliphatic heterocycles. The first-order valence-corrected chi connectivity index (χ1v) is 33.3. The van der Waals surface area contributed by atoms with Crippen LogP contribution in [0.4, 0.5) is 25.1 Å². The first-order valence-electron chi connectivity index (χ1n) is 33.3. The summed E-state index contributed by atoms with van der Waals surface area (Å²) in [6, 6.07) is 22.0. The zero-order valence-electron chi connectivity index (χ0n) is 56.8. The van der Waals surface area contributed by atoms with Gasteiger partial charge in [-0.1, -0.05) is 63.2 Å². The van der Waals surface area contributed by atoms with Crippen LogP contribution in [0.25, 0.3) is 17.1 Å². The summed E-state index contributed by atoms with van der Waals surface area (Å²) in [4.78, 5) is 80.6. The second-order valence-corrected chi connectivity index (χ2v) is 26.4. The molecule has 9 rings (SSSR count). The monoisotopic (exact) mass is 1350 g/mol. The highest BCUT2D eigenvalue weighted by Crippen LogP contribution is 2.36. The Bertz CT molecular complexity index is 3570. The van der Waals surface area contributed by atoms with Crippen molar-refractivity contribution in [3.05, 3.63) is 137 Å². The van der Waals surface area contributed by atoms with Gasteiger partial charge in [0.15, 0.2) is 11.4 Å². The van der Waals surface area contributed by atoms with E-state index in [0.717, 1.165) is 60.6 Å². The molecule has 1 saturated carbocycles. The number of alkyl halides is 2. The number of carbonyl (C=O) groups excluding carboxylic acids is 5. The Hall–Kier alpha value is -8.24. The van der Waals surface area contributed by atoms with E-state index in [-0.39, 0.29) is 54.2 Å². The number of benzene rings is 3. The zero-order chi connectivity index (χ0) is 69.1. The van der Waals surface area contributed by atoms with Crippen molar-refractivity contribution in [3.8, 4) is 22.9 Å². The number of amides is 5. The lowest BCUT2D eigenvalue weighted by molar-refractivity contribution is -0.147. The molecule has 0 saturated heterocycles. The molecule has 3 aliphatic rings. The second kappa shape index (κ2) is 34.8. The number of likely N-dealkylation sites (N-methyl/N-ethyl adjacent to an activating group) is 1. The third-order valence-corrected chi connectivity index (χ3v) is 16.7. The lowest BCUT2D eigenvalue weighted by Crippen LogP contribution is -2.62. The van der Waals surface area contributed by atoms with Gasteiger partial charge in [-0.25, -0.2) is 28.2 Å². The standard InChI is InChI=1S/C71H93F2N11O13/c1-46(74-8)64(85)80-62(70(2,3)4)68(88)82-43-52-38-54(23-20-50(52)39-59(82)66(87)77-56-15-11-13-49-12-9-10-14-55(49)56)95-37-36-94-35-34-93-33-32-92-31-30-91-29-28-90-27-26-75-41-47-18-21-53(22-19-47)84-44-57(61(81-84)63(72)73)78-65(86)58-45-96-67(79-58)51-24-25-76-60(40-51)83(42-48-16-17-48)69(89)97-71(5,6)7/h9-10,12,14,18-25,38,40,44-46,48,56,59,62-63,74-75H,11,13,15-17,26-37,39,41-43H2,1-8H3,(H,77,87)(H,78,86)(H,80,85)/t46-,56+,59-,62+/m0/s1. The number of fused-ring (bicyclic) bond motifs is 2. The summed E-state index contributed by atoms with van der Waals surface area (Å²) >= 11 is 0. The van der Waals surface area contributed by atoms with E-state index in [4.69, 9.17) is 37.6 Å². The van der Waals surface area contributed by atoms with Gasteiger partial charge in [0.05, 0.1) is 95.7 Å². The van der Waals surface area contributed by atoms with Crippen molar-refractivity contribution >= 4 is 41.2 Å². The molecule has 524 valence electrons. The summed E-state index contributed by atoms with van der Waals surface area (Å²) in [6.45, 7) is 18.8. The van der Waals surface area contributed by atoms with E-state index in [0.29, 0.717) is 121 Å². The van der Waals surface area contributed by atoms with Crippen LogP contribution in [0.1, 0.15) is 131 Å². The number of hydrogen-bond acceptors (Lipinski definition) is 18. The molecule has 0 radical (unpaired) electrons. The molecule has 3 aromatic heterocycles. The molecule has 0 spiro atoms. The molecule has 1 fully saturated rings. The summed E-state index contributed by atoms with van der Waals surface area (Å²) in [7, 11) is 1.69. The Balaban J connectivity index is 0.609. The maximum Gasteiger partial charge on any atom is 0.416 e. The smallest absolute Gasteiger partial charge is 0.416 e. The van der Waals surface area contributed by atoms with E-state index >= 15 is 0 Å². The van der Waals surface area contributed by atoms with E-state index in [1.165, 1.54) is 27.5 Å². The maximum atomic E-state index is 14.7. The predicted molar refractivity (Wildman–Crippen MR) is 358 cm³/mol. The number of anilines is 2. The molecule has 26 heteroatoms. The Morgan fingerprint density at radius 2 is 1.46 bits per heavy atom.